The molecule has 0 bridgehead atoms. The smallest absolute Gasteiger partial charge is 0.307 e. The number of furan rings is 1. The molecule has 1 aromatic heterocycles. The molecule has 4 heteroatoms. The van der Waals surface area contributed by atoms with E-state index in [-0.39, 0.29) is 11.7 Å². The van der Waals surface area contributed by atoms with E-state index < -0.39 is 0 Å². The summed E-state index contributed by atoms with van der Waals surface area (Å²) >= 11 is 0. The molecule has 0 spiro atoms. The first-order valence-electron chi connectivity index (χ1n) is 7.82. The van der Waals surface area contributed by atoms with E-state index in [9.17, 15) is 4.79 Å². The third kappa shape index (κ3) is 2.52. The Kier molecular flexibility index (Phi) is 3.50. The van der Waals surface area contributed by atoms with Crippen molar-refractivity contribution in [2.45, 2.75) is 13.3 Å². The highest BCUT2D eigenvalue weighted by Crippen LogP contribution is 2.36. The van der Waals surface area contributed by atoms with Crippen molar-refractivity contribution in [3.8, 4) is 11.1 Å². The fourth-order valence-corrected chi connectivity index (χ4v) is 3.03. The zero-order chi connectivity index (χ0) is 16.5. The molecule has 0 unspecified atom stereocenters. The average molecular weight is 316 g/mol. The van der Waals surface area contributed by atoms with Crippen LogP contribution in [0.15, 0.2) is 70.4 Å². The Bertz CT molecular complexity index is 940. The molecule has 0 radical (unpaired) electrons. The van der Waals surface area contributed by atoms with E-state index in [0.29, 0.717) is 0 Å². The molecular weight excluding hydrogens is 300 g/mol. The van der Waals surface area contributed by atoms with E-state index in [0.717, 1.165) is 17.7 Å². The van der Waals surface area contributed by atoms with Crippen molar-refractivity contribution in [1.29, 1.82) is 0 Å². The molecule has 0 saturated heterocycles. The quantitative estimate of drug-likeness (QED) is 0.459. The predicted molar refractivity (Wildman–Crippen MR) is 93.1 cm³/mol. The standard InChI is InChI=1S/C20H16N2O2/c1-13(21-22-20(23)19-7-4-10-24-19)14-8-9-18-16(11-14)12-15-5-2-3-6-17(15)18/h2-11H,12H2,1H3,(H,22,23)/b21-13-. The van der Waals surface area contributed by atoms with Crippen molar-refractivity contribution in [2.75, 3.05) is 0 Å². The summed E-state index contributed by atoms with van der Waals surface area (Å²) in [5, 5.41) is 4.18. The van der Waals surface area contributed by atoms with Crippen LogP contribution in [0, 0.1) is 0 Å². The summed E-state index contributed by atoms with van der Waals surface area (Å²) in [5.74, 6) is -0.108. The molecule has 1 N–H and O–H groups in total. The van der Waals surface area contributed by atoms with Crippen molar-refractivity contribution < 1.29 is 9.21 Å². The van der Waals surface area contributed by atoms with Gasteiger partial charge in [-0.3, -0.25) is 4.79 Å². The Morgan fingerprint density at radius 2 is 1.88 bits per heavy atom. The fraction of sp³-hybridized carbons (Fsp3) is 0.100. The molecule has 4 nitrogen and oxygen atoms in total. The van der Waals surface area contributed by atoms with Gasteiger partial charge in [-0.15, -0.1) is 0 Å². The van der Waals surface area contributed by atoms with Gasteiger partial charge in [-0.2, -0.15) is 5.10 Å². The Labute approximate surface area is 139 Å². The largest absolute Gasteiger partial charge is 0.459 e. The second kappa shape index (κ2) is 5.81. The average Bonchev–Trinajstić information content (AvgIpc) is 3.26. The number of amides is 1. The molecule has 1 aliphatic carbocycles. The summed E-state index contributed by atoms with van der Waals surface area (Å²) < 4.78 is 5.05. The molecule has 1 aliphatic rings. The van der Waals surface area contributed by atoms with Crippen molar-refractivity contribution >= 4 is 11.6 Å². The summed E-state index contributed by atoms with van der Waals surface area (Å²) in [6.07, 6.45) is 2.40. The van der Waals surface area contributed by atoms with Crippen LogP contribution in [0.4, 0.5) is 0 Å². The Balaban J connectivity index is 1.56. The lowest BCUT2D eigenvalue weighted by Gasteiger charge is -2.05. The molecule has 1 amide bonds. The van der Waals surface area contributed by atoms with Gasteiger partial charge >= 0.3 is 5.91 Å². The topological polar surface area (TPSA) is 54.6 Å². The highest BCUT2D eigenvalue weighted by Gasteiger charge is 2.18. The number of fused-ring (bicyclic) bond motifs is 3. The predicted octanol–water partition coefficient (Wildman–Crippen LogP) is 4.00. The molecule has 0 saturated carbocycles. The molecule has 0 fully saturated rings. The van der Waals surface area contributed by atoms with Crippen molar-refractivity contribution in [1.82, 2.24) is 5.43 Å². The highest BCUT2D eigenvalue weighted by molar-refractivity contribution is 6.01. The monoisotopic (exact) mass is 316 g/mol. The fourth-order valence-electron chi connectivity index (χ4n) is 3.03. The number of carbonyl (C=O) groups excluding carboxylic acids is 1. The van der Waals surface area contributed by atoms with Crippen LogP contribution >= 0.6 is 0 Å². The van der Waals surface area contributed by atoms with Gasteiger partial charge in [0.25, 0.3) is 0 Å². The van der Waals surface area contributed by atoms with Crippen LogP contribution in [0.3, 0.4) is 0 Å². The lowest BCUT2D eigenvalue weighted by molar-refractivity contribution is 0.0927. The normalized spacial score (nSPS) is 12.6. The second-order valence-electron chi connectivity index (χ2n) is 5.82. The molecule has 0 atom stereocenters. The van der Waals surface area contributed by atoms with E-state index in [4.69, 9.17) is 4.42 Å². The number of benzene rings is 2. The van der Waals surface area contributed by atoms with Gasteiger partial charge in [0, 0.05) is 0 Å². The van der Waals surface area contributed by atoms with Crippen molar-refractivity contribution in [3.63, 3.8) is 0 Å². The van der Waals surface area contributed by atoms with Crippen LogP contribution in [0.2, 0.25) is 0 Å². The Morgan fingerprint density at radius 1 is 1.04 bits per heavy atom. The summed E-state index contributed by atoms with van der Waals surface area (Å²) in [7, 11) is 0. The third-order valence-electron chi connectivity index (χ3n) is 4.28. The maximum Gasteiger partial charge on any atom is 0.307 e. The van der Waals surface area contributed by atoms with Crippen LogP contribution < -0.4 is 5.43 Å². The molecule has 118 valence electrons. The lowest BCUT2D eigenvalue weighted by Crippen LogP contribution is -2.18. The van der Waals surface area contributed by atoms with Gasteiger partial charge in [-0.25, -0.2) is 5.43 Å². The van der Waals surface area contributed by atoms with Crippen LogP contribution in [0.1, 0.15) is 34.2 Å². The molecule has 24 heavy (non-hydrogen) atoms. The number of hydrazone groups is 1. The van der Waals surface area contributed by atoms with Gasteiger partial charge in [0.05, 0.1) is 12.0 Å². The summed E-state index contributed by atoms with van der Waals surface area (Å²) in [4.78, 5) is 11.9. The number of hydrogen-bond donors (Lipinski definition) is 1. The van der Waals surface area contributed by atoms with E-state index in [2.05, 4.69) is 46.9 Å². The van der Waals surface area contributed by atoms with E-state index >= 15 is 0 Å². The first kappa shape index (κ1) is 14.5. The van der Waals surface area contributed by atoms with Crippen molar-refractivity contribution in [2.24, 2.45) is 5.10 Å². The van der Waals surface area contributed by atoms with Crippen LogP contribution in [-0.4, -0.2) is 11.6 Å². The maximum absolute atomic E-state index is 11.9. The maximum atomic E-state index is 11.9. The molecule has 0 aliphatic heterocycles. The SMILES string of the molecule is C/C(=N/NC(=O)c1ccco1)c1ccc2c(c1)Cc1ccccc1-2. The molecule has 4 rings (SSSR count). The lowest BCUT2D eigenvalue weighted by atomic mass is 10.0. The second-order valence-corrected chi connectivity index (χ2v) is 5.82. The van der Waals surface area contributed by atoms with Gasteiger partial charge in [-0.1, -0.05) is 36.4 Å². The molecule has 1 heterocycles. The Morgan fingerprint density at radius 3 is 2.71 bits per heavy atom. The zero-order valence-electron chi connectivity index (χ0n) is 13.2. The number of carbonyl (C=O) groups is 1. The number of rotatable bonds is 3. The van der Waals surface area contributed by atoms with E-state index in [1.807, 2.05) is 13.0 Å². The number of nitrogens with zero attached hydrogens (tertiary/aromatic N) is 1. The van der Waals surface area contributed by atoms with Gasteiger partial charge in [0.15, 0.2) is 5.76 Å². The van der Waals surface area contributed by atoms with Crippen LogP contribution in [-0.2, 0) is 6.42 Å². The summed E-state index contributed by atoms with van der Waals surface area (Å²) in [6.45, 7) is 1.88. The Hall–Kier alpha value is -3.14. The van der Waals surface area contributed by atoms with E-state index in [1.54, 1.807) is 12.1 Å². The van der Waals surface area contributed by atoms with E-state index in [1.165, 1.54) is 28.5 Å². The van der Waals surface area contributed by atoms with Crippen LogP contribution in [0.25, 0.3) is 11.1 Å². The summed E-state index contributed by atoms with van der Waals surface area (Å²) in [6, 6.07) is 18.1. The minimum atomic E-state index is -0.354. The molecule has 3 aromatic rings. The minimum absolute atomic E-state index is 0.246. The summed E-state index contributed by atoms with van der Waals surface area (Å²) in [5.41, 5.74) is 9.51. The molecule has 2 aromatic carbocycles. The highest BCUT2D eigenvalue weighted by atomic mass is 16.3. The minimum Gasteiger partial charge on any atom is -0.459 e. The number of hydrogen-bond acceptors (Lipinski definition) is 3. The van der Waals surface area contributed by atoms with Crippen molar-refractivity contribution in [3.05, 3.63) is 83.3 Å². The van der Waals surface area contributed by atoms with Gasteiger partial charge in [-0.05, 0) is 59.4 Å². The van der Waals surface area contributed by atoms with Crippen LogP contribution in [0.5, 0.6) is 0 Å². The first-order chi connectivity index (χ1) is 11.7. The van der Waals surface area contributed by atoms with Gasteiger partial charge < -0.3 is 4.42 Å². The third-order valence-corrected chi connectivity index (χ3v) is 4.28. The number of nitrogens with one attached hydrogen (secondary N) is 1. The zero-order valence-corrected chi connectivity index (χ0v) is 13.2. The first-order valence-corrected chi connectivity index (χ1v) is 7.82. The van der Waals surface area contributed by atoms with Gasteiger partial charge in [0.1, 0.15) is 0 Å². The van der Waals surface area contributed by atoms with Gasteiger partial charge in [0.2, 0.25) is 0 Å². The molecular formula is C20H16N2O2.